The Bertz CT molecular complexity index is 682. The Morgan fingerprint density at radius 3 is 2.40 bits per heavy atom. The van der Waals surface area contributed by atoms with E-state index in [1.807, 2.05) is 6.07 Å². The van der Waals surface area contributed by atoms with Gasteiger partial charge in [-0.15, -0.1) is 0 Å². The van der Waals surface area contributed by atoms with E-state index in [0.29, 0.717) is 0 Å². The maximum atomic E-state index is 13.3. The molecule has 0 aliphatic carbocycles. The van der Waals surface area contributed by atoms with E-state index >= 15 is 0 Å². The third kappa shape index (κ3) is 4.21. The number of nitrogens with zero attached hydrogens (tertiary/aromatic N) is 3. The van der Waals surface area contributed by atoms with Crippen LogP contribution in [0.1, 0.15) is 44.9 Å². The second-order valence-corrected chi connectivity index (χ2v) is 7.06. The van der Waals surface area contributed by atoms with Crippen LogP contribution in [0.4, 0.5) is 18.0 Å². The zero-order valence-corrected chi connectivity index (χ0v) is 14.4. The Labute approximate surface area is 144 Å². The van der Waals surface area contributed by atoms with Crippen LogP contribution in [0.25, 0.3) is 0 Å². The average Bonchev–Trinajstić information content (AvgIpc) is 2.52. The Morgan fingerprint density at radius 2 is 1.92 bits per heavy atom. The standard InChI is InChI=1S/C17H20F3N3O2/c1-15(2,3)25-14(24)23-9-6-16(11-21,7-10-23)13-12(17(18,19)20)5-4-8-22-13/h4-5,8H,6-7,9-10H2,1-3H3. The SMILES string of the molecule is CC(C)(C)OC(=O)N1CCC(C#N)(c2ncccc2C(F)(F)F)CC1. The van der Waals surface area contributed by atoms with Gasteiger partial charge in [0, 0.05) is 19.3 Å². The monoisotopic (exact) mass is 355 g/mol. The fourth-order valence-electron chi connectivity index (χ4n) is 2.81. The van der Waals surface area contributed by atoms with E-state index in [0.717, 1.165) is 6.07 Å². The van der Waals surface area contributed by atoms with Crippen LogP contribution in [0.3, 0.4) is 0 Å². The number of rotatable bonds is 1. The van der Waals surface area contributed by atoms with Gasteiger partial charge in [0.2, 0.25) is 0 Å². The number of amides is 1. The van der Waals surface area contributed by atoms with Crippen molar-refractivity contribution in [3.63, 3.8) is 0 Å². The lowest BCUT2D eigenvalue weighted by Crippen LogP contribution is -2.47. The molecule has 1 aromatic heterocycles. The van der Waals surface area contributed by atoms with Crippen molar-refractivity contribution in [2.24, 2.45) is 0 Å². The maximum Gasteiger partial charge on any atom is 0.418 e. The highest BCUT2D eigenvalue weighted by Gasteiger charge is 2.46. The van der Waals surface area contributed by atoms with Gasteiger partial charge in [-0.1, -0.05) is 0 Å². The third-order valence-electron chi connectivity index (χ3n) is 4.05. The van der Waals surface area contributed by atoms with Gasteiger partial charge < -0.3 is 9.64 Å². The molecule has 1 amide bonds. The Morgan fingerprint density at radius 1 is 1.32 bits per heavy atom. The molecule has 0 radical (unpaired) electrons. The number of carbonyl (C=O) groups is 1. The number of pyridine rings is 1. The molecular weight excluding hydrogens is 335 g/mol. The summed E-state index contributed by atoms with van der Waals surface area (Å²) in [6.45, 7) is 5.47. The second kappa shape index (κ2) is 6.54. The molecule has 0 bridgehead atoms. The molecule has 0 saturated carbocycles. The first-order valence-corrected chi connectivity index (χ1v) is 7.90. The van der Waals surface area contributed by atoms with Crippen LogP contribution in [0.15, 0.2) is 18.3 Å². The molecule has 136 valence electrons. The van der Waals surface area contributed by atoms with Gasteiger partial charge in [0.05, 0.1) is 17.3 Å². The fraction of sp³-hybridized carbons (Fsp3) is 0.588. The Kier molecular flexibility index (Phi) is 4.98. The number of halogens is 3. The fourth-order valence-corrected chi connectivity index (χ4v) is 2.81. The summed E-state index contributed by atoms with van der Waals surface area (Å²) in [4.78, 5) is 17.4. The van der Waals surface area contributed by atoms with Crippen molar-refractivity contribution >= 4 is 6.09 Å². The van der Waals surface area contributed by atoms with Crippen molar-refractivity contribution in [2.75, 3.05) is 13.1 Å². The minimum atomic E-state index is -4.59. The third-order valence-corrected chi connectivity index (χ3v) is 4.05. The summed E-state index contributed by atoms with van der Waals surface area (Å²) in [6.07, 6.45) is -3.72. The summed E-state index contributed by atoms with van der Waals surface area (Å²) >= 11 is 0. The number of hydrogen-bond donors (Lipinski definition) is 0. The van der Waals surface area contributed by atoms with Gasteiger partial charge in [-0.3, -0.25) is 4.98 Å². The lowest BCUT2D eigenvalue weighted by atomic mass is 9.75. The van der Waals surface area contributed by atoms with Gasteiger partial charge in [0.1, 0.15) is 11.0 Å². The highest BCUT2D eigenvalue weighted by molar-refractivity contribution is 5.68. The molecule has 1 aromatic rings. The predicted octanol–water partition coefficient (Wildman–Crippen LogP) is 3.89. The number of alkyl halides is 3. The zero-order chi connectivity index (χ0) is 18.9. The van der Waals surface area contributed by atoms with Gasteiger partial charge in [-0.25, -0.2) is 4.79 Å². The number of carbonyl (C=O) groups excluding carboxylic acids is 1. The summed E-state index contributed by atoms with van der Waals surface area (Å²) in [5.41, 5.74) is -3.20. The summed E-state index contributed by atoms with van der Waals surface area (Å²) in [7, 11) is 0. The van der Waals surface area contributed by atoms with E-state index in [-0.39, 0.29) is 31.6 Å². The summed E-state index contributed by atoms with van der Waals surface area (Å²) in [5.74, 6) is 0. The smallest absolute Gasteiger partial charge is 0.418 e. The quantitative estimate of drug-likeness (QED) is 0.766. The lowest BCUT2D eigenvalue weighted by molar-refractivity contribution is -0.139. The normalized spacial score (nSPS) is 17.7. The Balaban J connectivity index is 2.24. The van der Waals surface area contributed by atoms with Crippen LogP contribution in [0, 0.1) is 11.3 Å². The van der Waals surface area contributed by atoms with Crippen LogP contribution < -0.4 is 0 Å². The highest BCUT2D eigenvalue weighted by atomic mass is 19.4. The first-order chi connectivity index (χ1) is 11.5. The van der Waals surface area contributed by atoms with Crippen LogP contribution in [0.2, 0.25) is 0 Å². The first-order valence-electron chi connectivity index (χ1n) is 7.90. The molecule has 0 unspecified atom stereocenters. The molecule has 1 saturated heterocycles. The van der Waals surface area contributed by atoms with Gasteiger partial charge in [0.25, 0.3) is 0 Å². The molecule has 0 atom stereocenters. The van der Waals surface area contributed by atoms with Crippen molar-refractivity contribution in [1.29, 1.82) is 5.26 Å². The molecule has 0 aromatic carbocycles. The molecule has 5 nitrogen and oxygen atoms in total. The van der Waals surface area contributed by atoms with Gasteiger partial charge in [0.15, 0.2) is 0 Å². The van der Waals surface area contributed by atoms with E-state index < -0.39 is 28.8 Å². The molecule has 1 aliphatic rings. The van der Waals surface area contributed by atoms with Crippen molar-refractivity contribution in [3.05, 3.63) is 29.6 Å². The van der Waals surface area contributed by atoms with E-state index in [1.165, 1.54) is 17.2 Å². The maximum absolute atomic E-state index is 13.3. The van der Waals surface area contributed by atoms with Gasteiger partial charge in [-0.2, -0.15) is 18.4 Å². The molecule has 25 heavy (non-hydrogen) atoms. The molecule has 1 aliphatic heterocycles. The molecule has 2 rings (SSSR count). The molecule has 1 fully saturated rings. The van der Waals surface area contributed by atoms with E-state index in [1.54, 1.807) is 20.8 Å². The van der Waals surface area contributed by atoms with Crippen molar-refractivity contribution in [1.82, 2.24) is 9.88 Å². The number of aromatic nitrogens is 1. The lowest BCUT2D eigenvalue weighted by Gasteiger charge is -2.38. The molecule has 0 N–H and O–H groups in total. The number of nitriles is 1. The minimum absolute atomic E-state index is 0.0723. The van der Waals surface area contributed by atoms with Crippen LogP contribution in [-0.4, -0.2) is 34.7 Å². The van der Waals surface area contributed by atoms with Crippen molar-refractivity contribution in [2.45, 2.75) is 50.8 Å². The van der Waals surface area contributed by atoms with E-state index in [2.05, 4.69) is 4.98 Å². The second-order valence-electron chi connectivity index (χ2n) is 7.06. The minimum Gasteiger partial charge on any atom is -0.444 e. The van der Waals surface area contributed by atoms with Crippen LogP contribution in [0.5, 0.6) is 0 Å². The molecule has 2 heterocycles. The summed E-state index contributed by atoms with van der Waals surface area (Å²) in [6, 6.07) is 4.15. The summed E-state index contributed by atoms with van der Waals surface area (Å²) < 4.78 is 45.1. The molecule has 0 spiro atoms. The van der Waals surface area contributed by atoms with Crippen molar-refractivity contribution in [3.8, 4) is 6.07 Å². The molecular formula is C17H20F3N3O2. The first kappa shape index (κ1) is 19.0. The number of ether oxygens (including phenoxy) is 1. The number of hydrogen-bond acceptors (Lipinski definition) is 4. The van der Waals surface area contributed by atoms with E-state index in [4.69, 9.17) is 4.74 Å². The zero-order valence-electron chi connectivity index (χ0n) is 14.4. The number of likely N-dealkylation sites (tertiary alicyclic amines) is 1. The van der Waals surface area contributed by atoms with Gasteiger partial charge in [-0.05, 0) is 45.7 Å². The largest absolute Gasteiger partial charge is 0.444 e. The van der Waals surface area contributed by atoms with Crippen LogP contribution in [-0.2, 0) is 16.3 Å². The Hall–Kier alpha value is -2.30. The van der Waals surface area contributed by atoms with E-state index in [9.17, 15) is 23.2 Å². The van der Waals surface area contributed by atoms with Crippen molar-refractivity contribution < 1.29 is 22.7 Å². The number of piperidine rings is 1. The highest BCUT2D eigenvalue weighted by Crippen LogP contribution is 2.41. The van der Waals surface area contributed by atoms with Crippen LogP contribution >= 0.6 is 0 Å². The van der Waals surface area contributed by atoms with Gasteiger partial charge >= 0.3 is 12.3 Å². The molecule has 8 heteroatoms. The predicted molar refractivity (Wildman–Crippen MR) is 83.6 cm³/mol. The topological polar surface area (TPSA) is 66.2 Å². The average molecular weight is 355 g/mol. The summed E-state index contributed by atoms with van der Waals surface area (Å²) in [5, 5.41) is 9.60.